The molecule has 10 heavy (non-hydrogen) atoms. The van der Waals surface area contributed by atoms with E-state index in [0.717, 1.165) is 6.92 Å². The third kappa shape index (κ3) is 5.14. The van der Waals surface area contributed by atoms with Gasteiger partial charge in [0, 0.05) is 6.92 Å². The molecule has 58 valence electrons. The molecule has 0 aromatic heterocycles. The van der Waals surface area contributed by atoms with E-state index in [1.165, 1.54) is 0 Å². The summed E-state index contributed by atoms with van der Waals surface area (Å²) in [6.07, 6.45) is -3.79. The monoisotopic (exact) mass is 152 g/mol. The number of hydrogen-bond donors (Lipinski definition) is 0. The molecule has 0 spiro atoms. The van der Waals surface area contributed by atoms with Gasteiger partial charge < -0.3 is 4.74 Å². The molecule has 0 fully saturated rings. The zero-order valence-corrected chi connectivity index (χ0v) is 5.27. The van der Waals surface area contributed by atoms with Crippen molar-refractivity contribution in [2.24, 2.45) is 0 Å². The Kier molecular flexibility index (Phi) is 3.53. The fourth-order valence-corrected chi connectivity index (χ4v) is 0.328. The van der Waals surface area contributed by atoms with Gasteiger partial charge in [0.15, 0.2) is 0 Å². The van der Waals surface area contributed by atoms with Crippen molar-refractivity contribution in [2.75, 3.05) is 0 Å². The van der Waals surface area contributed by atoms with E-state index < -0.39 is 24.8 Å². The molecule has 0 aromatic carbocycles. The van der Waals surface area contributed by atoms with Gasteiger partial charge in [0.2, 0.25) is 6.43 Å². The first-order chi connectivity index (χ1) is 4.52. The Bertz CT molecular complexity index is 144. The lowest BCUT2D eigenvalue weighted by Crippen LogP contribution is -2.12. The quantitative estimate of drug-likeness (QED) is 0.432. The van der Waals surface area contributed by atoms with Crippen molar-refractivity contribution in [1.29, 1.82) is 0 Å². The van der Waals surface area contributed by atoms with E-state index in [4.69, 9.17) is 0 Å². The summed E-state index contributed by atoms with van der Waals surface area (Å²) < 4.78 is 26.5. The summed E-state index contributed by atoms with van der Waals surface area (Å²) in [6, 6.07) is 0. The van der Waals surface area contributed by atoms with Crippen LogP contribution in [0.2, 0.25) is 0 Å². The Morgan fingerprint density at radius 1 is 1.50 bits per heavy atom. The maximum atomic E-state index is 11.3. The normalized spacial score (nSPS) is 9.60. The van der Waals surface area contributed by atoms with Gasteiger partial charge in [-0.25, -0.2) is 8.78 Å². The Morgan fingerprint density at radius 3 is 2.30 bits per heavy atom. The summed E-state index contributed by atoms with van der Waals surface area (Å²) in [5.74, 6) is -2.06. The summed E-state index contributed by atoms with van der Waals surface area (Å²) in [6.45, 7) is 0.976. The molecular formula is C5H6F2O3. The Balaban J connectivity index is 3.54. The summed E-state index contributed by atoms with van der Waals surface area (Å²) in [5, 5.41) is 0. The van der Waals surface area contributed by atoms with Crippen LogP contribution in [0, 0.1) is 0 Å². The molecule has 3 nitrogen and oxygen atoms in total. The first-order valence-electron chi connectivity index (χ1n) is 2.51. The molecule has 0 N–H and O–H groups in total. The van der Waals surface area contributed by atoms with Gasteiger partial charge in [0.25, 0.3) is 0 Å². The molecule has 0 bridgehead atoms. The smallest absolute Gasteiger partial charge is 0.319 e. The molecule has 0 aliphatic heterocycles. The molecule has 0 amide bonds. The van der Waals surface area contributed by atoms with Gasteiger partial charge in [-0.2, -0.15) is 0 Å². The van der Waals surface area contributed by atoms with Crippen molar-refractivity contribution in [2.45, 2.75) is 19.8 Å². The topological polar surface area (TPSA) is 43.4 Å². The average Bonchev–Trinajstić information content (AvgIpc) is 1.58. The molecule has 5 heteroatoms. The fraction of sp³-hybridized carbons (Fsp3) is 0.600. The molecule has 0 atom stereocenters. The second-order valence-corrected chi connectivity index (χ2v) is 1.56. The molecular weight excluding hydrogens is 146 g/mol. The largest absolute Gasteiger partial charge is 0.393 e. The Labute approximate surface area is 56.0 Å². The van der Waals surface area contributed by atoms with Gasteiger partial charge in [0.05, 0.1) is 0 Å². The third-order valence-electron chi connectivity index (χ3n) is 0.579. The zero-order chi connectivity index (χ0) is 8.15. The number of halogens is 2. The molecule has 0 aliphatic rings. The van der Waals surface area contributed by atoms with E-state index in [1.54, 1.807) is 0 Å². The van der Waals surface area contributed by atoms with Crippen LogP contribution in [0.15, 0.2) is 0 Å². The van der Waals surface area contributed by atoms with Crippen molar-refractivity contribution in [3.8, 4) is 0 Å². The highest BCUT2D eigenvalue weighted by Gasteiger charge is 2.13. The molecule has 0 rings (SSSR count). The second-order valence-electron chi connectivity index (χ2n) is 1.56. The highest BCUT2D eigenvalue weighted by Crippen LogP contribution is 1.99. The lowest BCUT2D eigenvalue weighted by atomic mass is 10.5. The van der Waals surface area contributed by atoms with Crippen LogP contribution in [0.1, 0.15) is 13.3 Å². The highest BCUT2D eigenvalue weighted by molar-refractivity contribution is 5.84. The first-order valence-corrected chi connectivity index (χ1v) is 2.51. The molecule has 0 saturated heterocycles. The average molecular weight is 152 g/mol. The van der Waals surface area contributed by atoms with Crippen molar-refractivity contribution in [3.05, 3.63) is 0 Å². The number of esters is 2. The van der Waals surface area contributed by atoms with Crippen LogP contribution in [0.25, 0.3) is 0 Å². The molecule has 0 aliphatic carbocycles. The number of hydrogen-bond acceptors (Lipinski definition) is 3. The van der Waals surface area contributed by atoms with Gasteiger partial charge in [0.1, 0.15) is 6.42 Å². The maximum absolute atomic E-state index is 11.3. The summed E-state index contributed by atoms with van der Waals surface area (Å²) in [4.78, 5) is 20.1. The minimum atomic E-state index is -2.76. The number of carbonyl (C=O) groups is 2. The van der Waals surface area contributed by atoms with Gasteiger partial charge in [-0.05, 0) is 0 Å². The van der Waals surface area contributed by atoms with Crippen molar-refractivity contribution in [3.63, 3.8) is 0 Å². The summed E-state index contributed by atoms with van der Waals surface area (Å²) in [7, 11) is 0. The summed E-state index contributed by atoms with van der Waals surface area (Å²) in [5.41, 5.74) is 0. The minimum Gasteiger partial charge on any atom is -0.393 e. The zero-order valence-electron chi connectivity index (χ0n) is 5.27. The molecule has 0 aromatic rings. The summed E-state index contributed by atoms with van der Waals surface area (Å²) >= 11 is 0. The number of rotatable bonds is 2. The van der Waals surface area contributed by atoms with Crippen LogP contribution in [-0.2, 0) is 14.3 Å². The fourth-order valence-electron chi connectivity index (χ4n) is 0.328. The van der Waals surface area contributed by atoms with E-state index in [-0.39, 0.29) is 0 Å². The Hall–Kier alpha value is -1.00. The van der Waals surface area contributed by atoms with Gasteiger partial charge in [-0.3, -0.25) is 9.59 Å². The van der Waals surface area contributed by atoms with Crippen molar-refractivity contribution < 1.29 is 23.1 Å². The van der Waals surface area contributed by atoms with E-state index in [9.17, 15) is 18.4 Å². The molecule has 0 heterocycles. The SMILES string of the molecule is CC(=O)OC(=O)CC(F)F. The molecule has 0 saturated carbocycles. The van der Waals surface area contributed by atoms with Crippen molar-refractivity contribution in [1.82, 2.24) is 0 Å². The number of ether oxygens (including phenoxy) is 1. The minimum absolute atomic E-state index is 0.870. The first kappa shape index (κ1) is 9.00. The maximum Gasteiger partial charge on any atom is 0.319 e. The number of alkyl halides is 2. The van der Waals surface area contributed by atoms with E-state index >= 15 is 0 Å². The lowest BCUT2D eigenvalue weighted by molar-refractivity contribution is -0.159. The predicted octanol–water partition coefficient (Wildman–Crippen LogP) is 0.731. The van der Waals surface area contributed by atoms with Crippen LogP contribution in [0.3, 0.4) is 0 Å². The van der Waals surface area contributed by atoms with Gasteiger partial charge in [-0.15, -0.1) is 0 Å². The Morgan fingerprint density at radius 2 is 2.00 bits per heavy atom. The van der Waals surface area contributed by atoms with Gasteiger partial charge in [-0.1, -0.05) is 0 Å². The molecule has 0 unspecified atom stereocenters. The number of carbonyl (C=O) groups excluding carboxylic acids is 2. The molecule has 0 radical (unpaired) electrons. The third-order valence-corrected chi connectivity index (χ3v) is 0.579. The van der Waals surface area contributed by atoms with Crippen molar-refractivity contribution >= 4 is 11.9 Å². The standard InChI is InChI=1S/C5H6F2O3/c1-3(8)10-5(9)2-4(6)7/h4H,2H2,1H3. The lowest BCUT2D eigenvalue weighted by Gasteiger charge is -1.96. The van der Waals surface area contributed by atoms with E-state index in [0.29, 0.717) is 0 Å². The van der Waals surface area contributed by atoms with Crippen LogP contribution < -0.4 is 0 Å². The highest BCUT2D eigenvalue weighted by atomic mass is 19.3. The predicted molar refractivity (Wildman–Crippen MR) is 27.4 cm³/mol. The van der Waals surface area contributed by atoms with E-state index in [2.05, 4.69) is 4.74 Å². The van der Waals surface area contributed by atoms with E-state index in [1.807, 2.05) is 0 Å². The van der Waals surface area contributed by atoms with Gasteiger partial charge >= 0.3 is 11.9 Å². The van der Waals surface area contributed by atoms with Crippen LogP contribution in [0.4, 0.5) is 8.78 Å². The van der Waals surface area contributed by atoms with Crippen LogP contribution in [0.5, 0.6) is 0 Å². The van der Waals surface area contributed by atoms with Crippen LogP contribution in [-0.4, -0.2) is 18.4 Å². The van der Waals surface area contributed by atoms with Crippen LogP contribution >= 0.6 is 0 Å². The second kappa shape index (κ2) is 3.92.